The number of hydrogen-bond donors (Lipinski definition) is 2. The van der Waals surface area contributed by atoms with Crippen molar-refractivity contribution in [3.8, 4) is 5.75 Å². The fourth-order valence-electron chi connectivity index (χ4n) is 3.42. The van der Waals surface area contributed by atoms with Gasteiger partial charge in [-0.1, -0.05) is 56.3 Å². The van der Waals surface area contributed by atoms with E-state index in [2.05, 4.69) is 31.3 Å². The molecule has 2 N–H and O–H groups in total. The maximum Gasteiger partial charge on any atom is 0.333 e. The third-order valence-corrected chi connectivity index (χ3v) is 5.02. The minimum Gasteiger partial charge on any atom is -0.492 e. The predicted octanol–water partition coefficient (Wildman–Crippen LogP) is 4.01. The molecule has 1 unspecified atom stereocenters. The quantitative estimate of drug-likeness (QED) is 0.449. The van der Waals surface area contributed by atoms with Crippen LogP contribution >= 0.6 is 0 Å². The van der Waals surface area contributed by atoms with E-state index in [9.17, 15) is 14.7 Å². The number of hydrogen-bond acceptors (Lipinski definition) is 4. The van der Waals surface area contributed by atoms with Crippen molar-refractivity contribution in [1.29, 1.82) is 0 Å². The molecule has 0 heterocycles. The molecule has 2 rings (SSSR count). The Morgan fingerprint density at radius 2 is 1.73 bits per heavy atom. The highest BCUT2D eigenvalue weighted by Crippen LogP contribution is 2.15. The molecule has 0 aliphatic rings. The summed E-state index contributed by atoms with van der Waals surface area (Å²) in [4.78, 5) is 25.7. The molecule has 2 amide bonds. The zero-order valence-corrected chi connectivity index (χ0v) is 19.8. The summed E-state index contributed by atoms with van der Waals surface area (Å²) in [6.07, 6.45) is 0.234. The first-order valence-corrected chi connectivity index (χ1v) is 11.5. The summed E-state index contributed by atoms with van der Waals surface area (Å²) in [6.45, 7) is 8.36. The molecular formula is C26H36N2O5. The Kier molecular flexibility index (Phi) is 11.2. The van der Waals surface area contributed by atoms with Crippen LogP contribution in [0.5, 0.6) is 5.75 Å². The molecule has 0 saturated carbocycles. The lowest BCUT2D eigenvalue weighted by atomic mass is 10.1. The molecular weight excluding hydrogens is 420 g/mol. The van der Waals surface area contributed by atoms with E-state index in [1.807, 2.05) is 42.5 Å². The lowest BCUT2D eigenvalue weighted by Crippen LogP contribution is -2.44. The van der Waals surface area contributed by atoms with Gasteiger partial charge in [0, 0.05) is 26.1 Å². The molecule has 0 fully saturated rings. The van der Waals surface area contributed by atoms with Gasteiger partial charge in [-0.25, -0.2) is 9.59 Å². The molecule has 0 bridgehead atoms. The van der Waals surface area contributed by atoms with Crippen LogP contribution in [0.3, 0.4) is 0 Å². The van der Waals surface area contributed by atoms with Gasteiger partial charge in [0.15, 0.2) is 6.10 Å². The first kappa shape index (κ1) is 26.2. The zero-order valence-electron chi connectivity index (χ0n) is 19.8. The van der Waals surface area contributed by atoms with Crippen LogP contribution in [0.15, 0.2) is 54.6 Å². The maximum atomic E-state index is 12.7. The highest BCUT2D eigenvalue weighted by atomic mass is 16.5. The smallest absolute Gasteiger partial charge is 0.333 e. The van der Waals surface area contributed by atoms with Crippen molar-refractivity contribution in [2.24, 2.45) is 5.92 Å². The number of nitrogens with zero attached hydrogens (tertiary/aromatic N) is 1. The second kappa shape index (κ2) is 14.2. The molecule has 0 saturated heterocycles. The maximum absolute atomic E-state index is 12.7. The van der Waals surface area contributed by atoms with Gasteiger partial charge in [0.1, 0.15) is 12.4 Å². The third-order valence-electron chi connectivity index (χ3n) is 5.02. The van der Waals surface area contributed by atoms with Crippen LogP contribution in [0.1, 0.15) is 31.9 Å². The Morgan fingerprint density at radius 1 is 1.03 bits per heavy atom. The number of nitrogens with one attached hydrogen (secondary N) is 1. The van der Waals surface area contributed by atoms with Crippen molar-refractivity contribution in [3.05, 3.63) is 65.7 Å². The van der Waals surface area contributed by atoms with Gasteiger partial charge in [-0.15, -0.1) is 0 Å². The Bertz CT molecular complexity index is 840. The Labute approximate surface area is 196 Å². The van der Waals surface area contributed by atoms with E-state index in [-0.39, 0.29) is 6.03 Å². The summed E-state index contributed by atoms with van der Waals surface area (Å²) >= 11 is 0. The van der Waals surface area contributed by atoms with E-state index in [0.717, 1.165) is 12.0 Å². The number of rotatable bonds is 14. The summed E-state index contributed by atoms with van der Waals surface area (Å²) in [5.74, 6) is 0.0529. The Balaban J connectivity index is 1.81. The van der Waals surface area contributed by atoms with Crippen LogP contribution in [0.2, 0.25) is 0 Å². The molecule has 7 nitrogen and oxygen atoms in total. The SMILES string of the molecule is CCOC(Cc1ccc(OCCN(CC(C)C)C(=O)NCCc2ccccc2)cc1)C(=O)O. The summed E-state index contributed by atoms with van der Waals surface area (Å²) in [5, 5.41) is 12.2. The molecule has 180 valence electrons. The molecule has 0 aliphatic carbocycles. The highest BCUT2D eigenvalue weighted by molar-refractivity contribution is 5.74. The van der Waals surface area contributed by atoms with Crippen molar-refractivity contribution in [3.63, 3.8) is 0 Å². The molecule has 0 aromatic heterocycles. The predicted molar refractivity (Wildman–Crippen MR) is 129 cm³/mol. The average molecular weight is 457 g/mol. The first-order chi connectivity index (χ1) is 15.9. The number of carboxylic acids is 1. The third kappa shape index (κ3) is 9.95. The zero-order chi connectivity index (χ0) is 24.1. The minimum absolute atomic E-state index is 0.0887. The van der Waals surface area contributed by atoms with Crippen molar-refractivity contribution in [2.45, 2.75) is 39.7 Å². The molecule has 0 radical (unpaired) electrons. The van der Waals surface area contributed by atoms with Crippen LogP contribution in [0.4, 0.5) is 4.79 Å². The summed E-state index contributed by atoms with van der Waals surface area (Å²) in [6, 6.07) is 17.3. The first-order valence-electron chi connectivity index (χ1n) is 11.5. The van der Waals surface area contributed by atoms with E-state index >= 15 is 0 Å². The summed E-state index contributed by atoms with van der Waals surface area (Å²) in [5.41, 5.74) is 2.05. The van der Waals surface area contributed by atoms with E-state index < -0.39 is 12.1 Å². The topological polar surface area (TPSA) is 88.1 Å². The number of carbonyl (C=O) groups excluding carboxylic acids is 1. The number of aliphatic carboxylic acids is 1. The van der Waals surface area contributed by atoms with Crippen LogP contribution in [0, 0.1) is 5.92 Å². The second-order valence-electron chi connectivity index (χ2n) is 8.29. The largest absolute Gasteiger partial charge is 0.492 e. The van der Waals surface area contributed by atoms with E-state index in [0.29, 0.717) is 50.9 Å². The number of carboxylic acid groups (broad SMARTS) is 1. The van der Waals surface area contributed by atoms with Crippen molar-refractivity contribution < 1.29 is 24.2 Å². The van der Waals surface area contributed by atoms with Gasteiger partial charge < -0.3 is 24.8 Å². The lowest BCUT2D eigenvalue weighted by molar-refractivity contribution is -0.149. The van der Waals surface area contributed by atoms with Gasteiger partial charge in [-0.05, 0) is 42.5 Å². The normalized spacial score (nSPS) is 11.8. The van der Waals surface area contributed by atoms with E-state index in [1.54, 1.807) is 11.8 Å². The number of amides is 2. The molecule has 0 aliphatic heterocycles. The minimum atomic E-state index is -0.968. The molecule has 0 spiro atoms. The molecule has 1 atom stereocenters. The molecule has 33 heavy (non-hydrogen) atoms. The number of urea groups is 1. The van der Waals surface area contributed by atoms with Crippen LogP contribution in [-0.2, 0) is 22.4 Å². The number of benzene rings is 2. The average Bonchev–Trinajstić information content (AvgIpc) is 2.79. The van der Waals surface area contributed by atoms with E-state index in [4.69, 9.17) is 9.47 Å². The molecule has 7 heteroatoms. The Morgan fingerprint density at radius 3 is 2.33 bits per heavy atom. The van der Waals surface area contributed by atoms with Crippen molar-refractivity contribution >= 4 is 12.0 Å². The highest BCUT2D eigenvalue weighted by Gasteiger charge is 2.18. The van der Waals surface area contributed by atoms with Gasteiger partial charge in [-0.3, -0.25) is 0 Å². The lowest BCUT2D eigenvalue weighted by Gasteiger charge is -2.25. The van der Waals surface area contributed by atoms with Crippen LogP contribution < -0.4 is 10.1 Å². The van der Waals surface area contributed by atoms with Crippen LogP contribution in [0.25, 0.3) is 0 Å². The standard InChI is InChI=1S/C26H36N2O5/c1-4-32-24(25(29)30)18-22-10-12-23(13-11-22)33-17-16-28(19-20(2)3)26(31)27-15-14-21-8-6-5-7-9-21/h5-13,20,24H,4,14-19H2,1-3H3,(H,27,31)(H,29,30). The van der Waals surface area contributed by atoms with Gasteiger partial charge >= 0.3 is 12.0 Å². The monoisotopic (exact) mass is 456 g/mol. The fraction of sp³-hybridized carbons (Fsp3) is 0.462. The van der Waals surface area contributed by atoms with Crippen molar-refractivity contribution in [1.82, 2.24) is 10.2 Å². The molecule has 2 aromatic carbocycles. The van der Waals surface area contributed by atoms with Gasteiger partial charge in [0.25, 0.3) is 0 Å². The number of ether oxygens (including phenoxy) is 2. The van der Waals surface area contributed by atoms with Gasteiger partial charge in [-0.2, -0.15) is 0 Å². The van der Waals surface area contributed by atoms with Crippen molar-refractivity contribution in [2.75, 3.05) is 32.8 Å². The fourth-order valence-corrected chi connectivity index (χ4v) is 3.42. The molecule has 2 aromatic rings. The van der Waals surface area contributed by atoms with Gasteiger partial charge in [0.05, 0.1) is 6.54 Å². The number of carbonyl (C=O) groups is 2. The summed E-state index contributed by atoms with van der Waals surface area (Å²) in [7, 11) is 0. The second-order valence-corrected chi connectivity index (χ2v) is 8.29. The van der Waals surface area contributed by atoms with Gasteiger partial charge in [0.2, 0.25) is 0 Å². The van der Waals surface area contributed by atoms with E-state index in [1.165, 1.54) is 5.56 Å². The summed E-state index contributed by atoms with van der Waals surface area (Å²) < 4.78 is 11.1. The Hall–Kier alpha value is -3.06. The van der Waals surface area contributed by atoms with Crippen LogP contribution in [-0.4, -0.2) is 61.0 Å².